The van der Waals surface area contributed by atoms with E-state index in [2.05, 4.69) is 39.2 Å². The van der Waals surface area contributed by atoms with Gasteiger partial charge in [-0.1, -0.05) is 54.9 Å². The highest BCUT2D eigenvalue weighted by Gasteiger charge is 2.27. The van der Waals surface area contributed by atoms with Gasteiger partial charge >= 0.3 is 0 Å². The minimum absolute atomic E-state index is 0.0743. The number of carbonyl (C=O) groups is 2. The number of anilines is 1. The summed E-state index contributed by atoms with van der Waals surface area (Å²) in [5.74, 6) is -0.00181. The predicted molar refractivity (Wildman–Crippen MR) is 168 cm³/mol. The van der Waals surface area contributed by atoms with Crippen molar-refractivity contribution in [3.63, 3.8) is 0 Å². The third-order valence-electron chi connectivity index (χ3n) is 7.87. The van der Waals surface area contributed by atoms with E-state index >= 15 is 0 Å². The summed E-state index contributed by atoms with van der Waals surface area (Å²) in [6.45, 7) is 9.56. The van der Waals surface area contributed by atoms with Gasteiger partial charge in [-0.2, -0.15) is 5.10 Å². The number of aromatic nitrogens is 3. The highest BCUT2D eigenvalue weighted by molar-refractivity contribution is 6.31. The lowest BCUT2D eigenvalue weighted by Crippen LogP contribution is -2.38. The van der Waals surface area contributed by atoms with Gasteiger partial charge in [-0.25, -0.2) is 4.98 Å². The maximum Gasteiger partial charge on any atom is 0.255 e. The van der Waals surface area contributed by atoms with E-state index in [0.717, 1.165) is 54.0 Å². The first-order valence-corrected chi connectivity index (χ1v) is 15.1. The van der Waals surface area contributed by atoms with Crippen molar-refractivity contribution in [2.45, 2.75) is 53.1 Å². The molecule has 1 aliphatic heterocycles. The standard InChI is InChI=1S/C33H39ClN6O2/c1-5-10-30(41)40-16-9-15-38(21-25-11-7-6-8-12-25)17-18-39(22-26-13-14-27(34)20-29(26)40)33(42)28-19-23(2)35-32-31(28)24(3)36-37(32)4/h6-8,11-14,19-20H,5,9-10,15-18,21-22H2,1-4H3. The number of halogens is 1. The summed E-state index contributed by atoms with van der Waals surface area (Å²) in [6, 6.07) is 17.9. The highest BCUT2D eigenvalue weighted by Crippen LogP contribution is 2.30. The summed E-state index contributed by atoms with van der Waals surface area (Å²) in [5, 5.41) is 5.91. The molecule has 0 radical (unpaired) electrons. The highest BCUT2D eigenvalue weighted by atomic mass is 35.5. The van der Waals surface area contributed by atoms with Crippen LogP contribution in [0.5, 0.6) is 0 Å². The first-order valence-electron chi connectivity index (χ1n) is 14.7. The molecule has 220 valence electrons. The Morgan fingerprint density at radius 3 is 2.52 bits per heavy atom. The van der Waals surface area contributed by atoms with Gasteiger partial charge in [0, 0.05) is 63.5 Å². The first kappa shape index (κ1) is 29.7. The van der Waals surface area contributed by atoms with E-state index in [0.29, 0.717) is 48.8 Å². The van der Waals surface area contributed by atoms with Crippen molar-refractivity contribution in [2.24, 2.45) is 7.05 Å². The van der Waals surface area contributed by atoms with Gasteiger partial charge in [-0.3, -0.25) is 19.2 Å². The third kappa shape index (κ3) is 6.50. The number of fused-ring (bicyclic) bond motifs is 2. The summed E-state index contributed by atoms with van der Waals surface area (Å²) < 4.78 is 1.73. The van der Waals surface area contributed by atoms with Crippen molar-refractivity contribution in [1.82, 2.24) is 24.6 Å². The van der Waals surface area contributed by atoms with E-state index in [1.807, 2.05) is 68.0 Å². The van der Waals surface area contributed by atoms with E-state index in [9.17, 15) is 9.59 Å². The minimum atomic E-state index is -0.0761. The van der Waals surface area contributed by atoms with Crippen molar-refractivity contribution in [2.75, 3.05) is 31.1 Å². The average Bonchev–Trinajstić information content (AvgIpc) is 3.24. The van der Waals surface area contributed by atoms with Gasteiger partial charge in [-0.15, -0.1) is 0 Å². The Bertz CT molecular complexity index is 1580. The monoisotopic (exact) mass is 586 g/mol. The van der Waals surface area contributed by atoms with Gasteiger partial charge < -0.3 is 9.80 Å². The quantitative estimate of drug-likeness (QED) is 0.290. The molecule has 8 nitrogen and oxygen atoms in total. The normalized spacial score (nSPS) is 15.0. The molecule has 0 unspecified atom stereocenters. The molecule has 0 N–H and O–H groups in total. The fourth-order valence-electron chi connectivity index (χ4n) is 5.84. The average molecular weight is 587 g/mol. The number of benzene rings is 2. The molecule has 2 amide bonds. The Morgan fingerprint density at radius 2 is 1.76 bits per heavy atom. The third-order valence-corrected chi connectivity index (χ3v) is 8.10. The fourth-order valence-corrected chi connectivity index (χ4v) is 6.01. The Kier molecular flexibility index (Phi) is 9.24. The molecule has 42 heavy (non-hydrogen) atoms. The molecule has 0 saturated carbocycles. The van der Waals surface area contributed by atoms with Crippen LogP contribution in [0.3, 0.4) is 0 Å². The van der Waals surface area contributed by atoms with E-state index in [1.165, 1.54) is 5.56 Å². The molecule has 0 spiro atoms. The summed E-state index contributed by atoms with van der Waals surface area (Å²) in [7, 11) is 1.85. The molecular formula is C33H39ClN6O2. The fraction of sp³-hybridized carbons (Fsp3) is 0.394. The smallest absolute Gasteiger partial charge is 0.255 e. The maximum atomic E-state index is 14.5. The molecule has 5 rings (SSSR count). The Hall–Kier alpha value is -3.75. The van der Waals surface area contributed by atoms with Crippen LogP contribution in [0.25, 0.3) is 11.0 Å². The van der Waals surface area contributed by atoms with Crippen LogP contribution in [-0.4, -0.2) is 62.6 Å². The number of nitrogens with zero attached hydrogens (tertiary/aromatic N) is 6. The van der Waals surface area contributed by atoms with Gasteiger partial charge in [0.25, 0.3) is 5.91 Å². The molecule has 1 aliphatic rings. The zero-order valence-corrected chi connectivity index (χ0v) is 25.7. The molecule has 0 saturated heterocycles. The predicted octanol–water partition coefficient (Wildman–Crippen LogP) is 5.92. The summed E-state index contributed by atoms with van der Waals surface area (Å²) >= 11 is 6.49. The van der Waals surface area contributed by atoms with Crippen molar-refractivity contribution in [3.8, 4) is 0 Å². The molecular weight excluding hydrogens is 548 g/mol. The number of hydrogen-bond acceptors (Lipinski definition) is 5. The number of hydrogen-bond donors (Lipinski definition) is 0. The second-order valence-electron chi connectivity index (χ2n) is 11.1. The molecule has 2 aromatic carbocycles. The van der Waals surface area contributed by atoms with E-state index in [4.69, 9.17) is 11.6 Å². The van der Waals surface area contributed by atoms with Crippen LogP contribution >= 0.6 is 11.6 Å². The summed E-state index contributed by atoms with van der Waals surface area (Å²) in [6.07, 6.45) is 2.02. The summed E-state index contributed by atoms with van der Waals surface area (Å²) in [5.41, 5.74) is 5.74. The molecule has 9 heteroatoms. The molecule has 0 bridgehead atoms. The van der Waals surface area contributed by atoms with Crippen LogP contribution in [0.15, 0.2) is 54.6 Å². The van der Waals surface area contributed by atoms with Gasteiger partial charge in [-0.05, 0) is 56.0 Å². The Labute approximate surface area is 252 Å². The number of aryl methyl sites for hydroxylation is 3. The lowest BCUT2D eigenvalue weighted by atomic mass is 10.1. The van der Waals surface area contributed by atoms with Crippen LogP contribution in [0, 0.1) is 13.8 Å². The van der Waals surface area contributed by atoms with E-state index in [1.54, 1.807) is 4.68 Å². The van der Waals surface area contributed by atoms with Crippen LogP contribution in [0.4, 0.5) is 5.69 Å². The van der Waals surface area contributed by atoms with Crippen molar-refractivity contribution in [3.05, 3.63) is 87.7 Å². The van der Waals surface area contributed by atoms with Gasteiger partial charge in [0.05, 0.1) is 22.3 Å². The van der Waals surface area contributed by atoms with Gasteiger partial charge in [0.2, 0.25) is 5.91 Å². The molecule has 0 atom stereocenters. The van der Waals surface area contributed by atoms with Gasteiger partial charge in [0.15, 0.2) is 5.65 Å². The zero-order chi connectivity index (χ0) is 29.8. The molecule has 0 fully saturated rings. The summed E-state index contributed by atoms with van der Waals surface area (Å²) in [4.78, 5) is 38.7. The van der Waals surface area contributed by atoms with Crippen LogP contribution in [0.2, 0.25) is 5.02 Å². The van der Waals surface area contributed by atoms with Crippen molar-refractivity contribution < 1.29 is 9.59 Å². The largest absolute Gasteiger partial charge is 0.333 e. The van der Waals surface area contributed by atoms with E-state index < -0.39 is 0 Å². The Morgan fingerprint density at radius 1 is 0.976 bits per heavy atom. The zero-order valence-electron chi connectivity index (χ0n) is 24.9. The van der Waals surface area contributed by atoms with E-state index in [-0.39, 0.29) is 11.8 Å². The second-order valence-corrected chi connectivity index (χ2v) is 11.6. The number of pyridine rings is 1. The SMILES string of the molecule is CCCC(=O)N1CCCN(Cc2ccccc2)CCN(C(=O)c2cc(C)nc3c2c(C)nn3C)Cc2ccc(Cl)cc21. The van der Waals surface area contributed by atoms with Crippen molar-refractivity contribution in [1.29, 1.82) is 0 Å². The minimum Gasteiger partial charge on any atom is -0.333 e. The lowest BCUT2D eigenvalue weighted by molar-refractivity contribution is -0.118. The molecule has 0 aliphatic carbocycles. The lowest BCUT2D eigenvalue weighted by Gasteiger charge is -2.29. The Balaban J connectivity index is 1.58. The topological polar surface area (TPSA) is 74.6 Å². The molecule has 3 heterocycles. The number of carbonyl (C=O) groups excluding carboxylic acids is 2. The number of rotatable bonds is 5. The van der Waals surface area contributed by atoms with Crippen LogP contribution in [-0.2, 0) is 24.9 Å². The van der Waals surface area contributed by atoms with Crippen LogP contribution < -0.4 is 4.90 Å². The maximum absolute atomic E-state index is 14.5. The second kappa shape index (κ2) is 13.0. The number of amides is 2. The first-order chi connectivity index (χ1) is 20.2. The van der Waals surface area contributed by atoms with Gasteiger partial charge in [0.1, 0.15) is 0 Å². The molecule has 4 aromatic rings. The molecule has 2 aromatic heterocycles. The van der Waals surface area contributed by atoms with Crippen molar-refractivity contribution >= 4 is 40.1 Å². The van der Waals surface area contributed by atoms with Crippen LogP contribution in [0.1, 0.15) is 59.1 Å².